The van der Waals surface area contributed by atoms with Crippen molar-refractivity contribution in [3.63, 3.8) is 0 Å². The Morgan fingerprint density at radius 2 is 2.00 bits per heavy atom. The van der Waals surface area contributed by atoms with E-state index in [1.807, 2.05) is 31.6 Å². The molecule has 0 aliphatic rings. The number of nitrogens with one attached hydrogen (secondary N) is 1. The number of rotatable bonds is 4. The van der Waals surface area contributed by atoms with Crippen molar-refractivity contribution >= 4 is 0 Å². The molecule has 1 aromatic heterocycles. The summed E-state index contributed by atoms with van der Waals surface area (Å²) in [6.07, 6.45) is 0.941. The molecule has 0 amide bonds. The van der Waals surface area contributed by atoms with Gasteiger partial charge in [-0.05, 0) is 56.6 Å². The van der Waals surface area contributed by atoms with Crippen molar-refractivity contribution < 1.29 is 4.39 Å². The van der Waals surface area contributed by atoms with Crippen molar-refractivity contribution in [2.45, 2.75) is 33.7 Å². The number of aryl methyl sites for hydroxylation is 1. The van der Waals surface area contributed by atoms with E-state index in [-0.39, 0.29) is 5.82 Å². The van der Waals surface area contributed by atoms with Gasteiger partial charge in [-0.15, -0.1) is 0 Å². The van der Waals surface area contributed by atoms with Crippen LogP contribution >= 0.6 is 0 Å². The van der Waals surface area contributed by atoms with Gasteiger partial charge >= 0.3 is 0 Å². The lowest BCUT2D eigenvalue weighted by Crippen LogP contribution is -2.07. The molecule has 0 aliphatic heterocycles. The van der Waals surface area contributed by atoms with Gasteiger partial charge in [0, 0.05) is 12.2 Å². The van der Waals surface area contributed by atoms with E-state index in [4.69, 9.17) is 0 Å². The van der Waals surface area contributed by atoms with Crippen LogP contribution in [0.5, 0.6) is 0 Å². The summed E-state index contributed by atoms with van der Waals surface area (Å²) in [7, 11) is 1.85. The third-order valence-electron chi connectivity index (χ3n) is 3.36. The maximum atomic E-state index is 13.7. The van der Waals surface area contributed by atoms with Gasteiger partial charge in [0.15, 0.2) is 0 Å². The monoisotopic (exact) mass is 261 g/mol. The lowest BCUT2D eigenvalue weighted by Gasteiger charge is -2.08. The summed E-state index contributed by atoms with van der Waals surface area (Å²) < 4.78 is 15.5. The highest BCUT2D eigenvalue weighted by Crippen LogP contribution is 2.20. The van der Waals surface area contributed by atoms with Crippen LogP contribution in [0.3, 0.4) is 0 Å². The standard InChI is InChI=1S/C15H20FN3/c1-5-15-10(2)18-19(11(15)3)14-7-12(9-17-4)6-13(16)8-14/h6-8,17H,5,9H2,1-4H3. The first kappa shape index (κ1) is 13.7. The zero-order valence-corrected chi connectivity index (χ0v) is 11.9. The molecular formula is C15H20FN3. The van der Waals surface area contributed by atoms with Crippen LogP contribution in [-0.4, -0.2) is 16.8 Å². The van der Waals surface area contributed by atoms with Gasteiger partial charge in [0.05, 0.1) is 11.4 Å². The quantitative estimate of drug-likeness (QED) is 0.917. The van der Waals surface area contributed by atoms with Crippen molar-refractivity contribution in [1.29, 1.82) is 0 Å². The van der Waals surface area contributed by atoms with Crippen LogP contribution in [0.2, 0.25) is 0 Å². The molecule has 0 fully saturated rings. The molecule has 4 heteroatoms. The van der Waals surface area contributed by atoms with Gasteiger partial charge in [-0.2, -0.15) is 5.10 Å². The number of nitrogens with zero attached hydrogens (tertiary/aromatic N) is 2. The topological polar surface area (TPSA) is 29.9 Å². The third-order valence-corrected chi connectivity index (χ3v) is 3.36. The molecule has 0 bridgehead atoms. The molecule has 0 saturated heterocycles. The minimum absolute atomic E-state index is 0.228. The first-order chi connectivity index (χ1) is 9.06. The lowest BCUT2D eigenvalue weighted by atomic mass is 10.1. The van der Waals surface area contributed by atoms with Gasteiger partial charge < -0.3 is 5.32 Å². The first-order valence-corrected chi connectivity index (χ1v) is 6.56. The molecule has 0 unspecified atom stereocenters. The summed E-state index contributed by atoms with van der Waals surface area (Å²) in [4.78, 5) is 0. The van der Waals surface area contributed by atoms with E-state index in [0.717, 1.165) is 29.1 Å². The molecule has 102 valence electrons. The van der Waals surface area contributed by atoms with Gasteiger partial charge in [-0.1, -0.05) is 6.92 Å². The fourth-order valence-corrected chi connectivity index (χ4v) is 2.50. The molecule has 3 nitrogen and oxygen atoms in total. The molecular weight excluding hydrogens is 241 g/mol. The molecule has 1 heterocycles. The molecule has 2 aromatic rings. The Labute approximate surface area is 113 Å². The summed E-state index contributed by atoms with van der Waals surface area (Å²) >= 11 is 0. The zero-order chi connectivity index (χ0) is 14.0. The number of hydrogen-bond donors (Lipinski definition) is 1. The normalized spacial score (nSPS) is 11.0. The number of benzene rings is 1. The molecule has 0 saturated carbocycles. The number of aromatic nitrogens is 2. The largest absolute Gasteiger partial charge is 0.316 e. The van der Waals surface area contributed by atoms with Crippen LogP contribution in [0.1, 0.15) is 29.4 Å². The van der Waals surface area contributed by atoms with E-state index in [1.54, 1.807) is 6.07 Å². The van der Waals surface area contributed by atoms with Crippen LogP contribution in [0, 0.1) is 19.7 Å². The SMILES string of the molecule is CCc1c(C)nn(-c2cc(F)cc(CNC)c2)c1C. The summed E-state index contributed by atoms with van der Waals surface area (Å²) in [6, 6.07) is 5.04. The second-order valence-corrected chi connectivity index (χ2v) is 4.76. The van der Waals surface area contributed by atoms with E-state index in [9.17, 15) is 4.39 Å². The van der Waals surface area contributed by atoms with E-state index >= 15 is 0 Å². The Balaban J connectivity index is 2.52. The third kappa shape index (κ3) is 2.68. The second kappa shape index (κ2) is 5.53. The van der Waals surface area contributed by atoms with Crippen molar-refractivity contribution in [1.82, 2.24) is 15.1 Å². The van der Waals surface area contributed by atoms with E-state index in [0.29, 0.717) is 6.54 Å². The van der Waals surface area contributed by atoms with Crippen LogP contribution in [0.25, 0.3) is 5.69 Å². The number of hydrogen-bond acceptors (Lipinski definition) is 2. The molecule has 0 radical (unpaired) electrons. The van der Waals surface area contributed by atoms with Crippen molar-refractivity contribution in [2.75, 3.05) is 7.05 Å². The summed E-state index contributed by atoms with van der Waals surface area (Å²) in [5.74, 6) is -0.228. The second-order valence-electron chi connectivity index (χ2n) is 4.76. The Morgan fingerprint density at radius 1 is 1.26 bits per heavy atom. The average molecular weight is 261 g/mol. The number of halogens is 1. The highest BCUT2D eigenvalue weighted by Gasteiger charge is 2.12. The predicted octanol–water partition coefficient (Wildman–Crippen LogP) is 2.91. The van der Waals surface area contributed by atoms with Gasteiger partial charge in [-0.3, -0.25) is 0 Å². The molecule has 0 aliphatic carbocycles. The first-order valence-electron chi connectivity index (χ1n) is 6.56. The lowest BCUT2D eigenvalue weighted by molar-refractivity contribution is 0.620. The van der Waals surface area contributed by atoms with E-state index < -0.39 is 0 Å². The Kier molecular flexibility index (Phi) is 4.00. The summed E-state index contributed by atoms with van der Waals surface area (Å²) in [5, 5.41) is 7.56. The summed E-state index contributed by atoms with van der Waals surface area (Å²) in [6.45, 7) is 6.78. The van der Waals surface area contributed by atoms with E-state index in [1.165, 1.54) is 11.6 Å². The fraction of sp³-hybridized carbons (Fsp3) is 0.400. The van der Waals surface area contributed by atoms with Crippen molar-refractivity contribution in [3.8, 4) is 5.69 Å². The predicted molar refractivity (Wildman–Crippen MR) is 75.1 cm³/mol. The van der Waals surface area contributed by atoms with E-state index in [2.05, 4.69) is 17.3 Å². The highest BCUT2D eigenvalue weighted by atomic mass is 19.1. The van der Waals surface area contributed by atoms with Crippen molar-refractivity contribution in [3.05, 3.63) is 46.5 Å². The Morgan fingerprint density at radius 3 is 2.58 bits per heavy atom. The van der Waals surface area contributed by atoms with Gasteiger partial charge in [0.25, 0.3) is 0 Å². The molecule has 1 N–H and O–H groups in total. The molecule has 0 atom stereocenters. The zero-order valence-electron chi connectivity index (χ0n) is 11.9. The highest BCUT2D eigenvalue weighted by molar-refractivity contribution is 5.40. The van der Waals surface area contributed by atoms with Crippen LogP contribution < -0.4 is 5.32 Å². The summed E-state index contributed by atoms with van der Waals surface area (Å²) in [5.41, 5.74) is 5.04. The van der Waals surface area contributed by atoms with Gasteiger partial charge in [0.1, 0.15) is 5.82 Å². The van der Waals surface area contributed by atoms with Gasteiger partial charge in [0.2, 0.25) is 0 Å². The van der Waals surface area contributed by atoms with Crippen molar-refractivity contribution in [2.24, 2.45) is 0 Å². The van der Waals surface area contributed by atoms with Crippen LogP contribution in [-0.2, 0) is 13.0 Å². The molecule has 19 heavy (non-hydrogen) atoms. The molecule has 0 spiro atoms. The maximum Gasteiger partial charge on any atom is 0.125 e. The molecule has 1 aromatic carbocycles. The molecule has 2 rings (SSSR count). The Bertz CT molecular complexity index is 587. The Hall–Kier alpha value is -1.68. The smallest absolute Gasteiger partial charge is 0.125 e. The van der Waals surface area contributed by atoms with Gasteiger partial charge in [-0.25, -0.2) is 9.07 Å². The average Bonchev–Trinajstić information content (AvgIpc) is 2.64. The minimum atomic E-state index is -0.228. The minimum Gasteiger partial charge on any atom is -0.316 e. The van der Waals surface area contributed by atoms with Crippen LogP contribution in [0.4, 0.5) is 4.39 Å². The van der Waals surface area contributed by atoms with Crippen LogP contribution in [0.15, 0.2) is 18.2 Å². The fourth-order valence-electron chi connectivity index (χ4n) is 2.50. The maximum absolute atomic E-state index is 13.7.